The molecule has 3 amide bonds. The lowest BCUT2D eigenvalue weighted by molar-refractivity contribution is 0.146. The van der Waals surface area contributed by atoms with Crippen LogP contribution in [-0.2, 0) is 4.74 Å². The normalized spacial score (nSPS) is 16.8. The van der Waals surface area contributed by atoms with Gasteiger partial charge in [-0.2, -0.15) is 0 Å². The van der Waals surface area contributed by atoms with Gasteiger partial charge in [-0.05, 0) is 57.0 Å². The summed E-state index contributed by atoms with van der Waals surface area (Å²) in [4.78, 5) is 25.7. The second kappa shape index (κ2) is 9.27. The number of amides is 3. The predicted molar refractivity (Wildman–Crippen MR) is 98.9 cm³/mol. The van der Waals surface area contributed by atoms with Crippen molar-refractivity contribution in [2.45, 2.75) is 32.7 Å². The molecule has 25 heavy (non-hydrogen) atoms. The smallest absolute Gasteiger partial charge is 0.411 e. The molecule has 3 N–H and O–H groups in total. The molecular weight excluding hydrogens is 320 g/mol. The molecule has 0 saturated carbocycles. The lowest BCUT2D eigenvalue weighted by Crippen LogP contribution is -2.46. The maximum atomic E-state index is 12.1. The van der Waals surface area contributed by atoms with Crippen LogP contribution in [0.5, 0.6) is 0 Å². The Morgan fingerprint density at radius 1 is 1.24 bits per heavy atom. The van der Waals surface area contributed by atoms with E-state index in [2.05, 4.69) is 39.4 Å². The van der Waals surface area contributed by atoms with Gasteiger partial charge in [0.2, 0.25) is 0 Å². The largest absolute Gasteiger partial charge is 0.453 e. The Bertz CT molecular complexity index is 585. The molecular formula is C18H28N4O3. The van der Waals surface area contributed by atoms with Gasteiger partial charge in [0, 0.05) is 24.0 Å². The Balaban J connectivity index is 1.78. The maximum Gasteiger partial charge on any atom is 0.411 e. The zero-order valence-electron chi connectivity index (χ0n) is 15.2. The van der Waals surface area contributed by atoms with Crippen LogP contribution in [-0.4, -0.2) is 49.8 Å². The number of carbonyl (C=O) groups excluding carboxylic acids is 2. The highest BCUT2D eigenvalue weighted by Crippen LogP contribution is 2.18. The summed E-state index contributed by atoms with van der Waals surface area (Å²) < 4.78 is 4.55. The molecule has 0 aromatic heterocycles. The third-order valence-electron chi connectivity index (χ3n) is 4.55. The Morgan fingerprint density at radius 3 is 2.52 bits per heavy atom. The van der Waals surface area contributed by atoms with E-state index in [4.69, 9.17) is 0 Å². The monoisotopic (exact) mass is 348 g/mol. The van der Waals surface area contributed by atoms with E-state index in [9.17, 15) is 9.59 Å². The summed E-state index contributed by atoms with van der Waals surface area (Å²) >= 11 is 0. The minimum Gasteiger partial charge on any atom is -0.453 e. The molecule has 1 saturated heterocycles. The van der Waals surface area contributed by atoms with Gasteiger partial charge in [0.1, 0.15) is 0 Å². The Hall–Kier alpha value is -2.28. The standard InChI is InChI=1S/C18H28N4O3/c1-13-7-9-22(10-8-13)14(2)12-19-17(23)20-15-5-4-6-16(11-15)21-18(24)25-3/h4-6,11,13-14H,7-10,12H2,1-3H3,(H,21,24)(H2,19,20,23). The molecule has 0 aliphatic carbocycles. The molecule has 1 unspecified atom stereocenters. The van der Waals surface area contributed by atoms with Crippen LogP contribution in [0.1, 0.15) is 26.7 Å². The Labute approximate surface area is 149 Å². The van der Waals surface area contributed by atoms with Crippen molar-refractivity contribution in [3.63, 3.8) is 0 Å². The van der Waals surface area contributed by atoms with E-state index in [1.165, 1.54) is 20.0 Å². The van der Waals surface area contributed by atoms with Crippen LogP contribution in [0.15, 0.2) is 24.3 Å². The molecule has 7 heteroatoms. The number of benzene rings is 1. The van der Waals surface area contributed by atoms with E-state index in [1.54, 1.807) is 24.3 Å². The average molecular weight is 348 g/mol. The molecule has 138 valence electrons. The number of ether oxygens (including phenoxy) is 1. The minimum absolute atomic E-state index is 0.257. The fourth-order valence-corrected chi connectivity index (χ4v) is 2.86. The first kappa shape index (κ1) is 19.1. The molecule has 7 nitrogen and oxygen atoms in total. The number of likely N-dealkylation sites (tertiary alicyclic amines) is 1. The topological polar surface area (TPSA) is 82.7 Å². The number of hydrogen-bond acceptors (Lipinski definition) is 4. The van der Waals surface area contributed by atoms with Crippen LogP contribution in [0.4, 0.5) is 21.0 Å². The number of nitrogens with one attached hydrogen (secondary N) is 3. The molecule has 1 aliphatic rings. The molecule has 1 aliphatic heterocycles. The number of piperidine rings is 1. The van der Waals surface area contributed by atoms with Gasteiger partial charge >= 0.3 is 12.1 Å². The third kappa shape index (κ3) is 6.26. The zero-order valence-corrected chi connectivity index (χ0v) is 15.2. The lowest BCUT2D eigenvalue weighted by atomic mass is 9.98. The highest BCUT2D eigenvalue weighted by molar-refractivity contribution is 5.91. The van der Waals surface area contributed by atoms with E-state index in [0.29, 0.717) is 24.0 Å². The number of methoxy groups -OCH3 is 1. The summed E-state index contributed by atoms with van der Waals surface area (Å²) in [5.41, 5.74) is 1.16. The molecule has 0 radical (unpaired) electrons. The quantitative estimate of drug-likeness (QED) is 0.763. The van der Waals surface area contributed by atoms with Crippen LogP contribution in [0, 0.1) is 5.92 Å². The summed E-state index contributed by atoms with van der Waals surface area (Å²) in [5.74, 6) is 0.797. The Morgan fingerprint density at radius 2 is 1.88 bits per heavy atom. The predicted octanol–water partition coefficient (Wildman–Crippen LogP) is 3.11. The van der Waals surface area contributed by atoms with Gasteiger partial charge in [0.15, 0.2) is 0 Å². The molecule has 0 bridgehead atoms. The average Bonchev–Trinajstić information content (AvgIpc) is 2.60. The van der Waals surface area contributed by atoms with Crippen LogP contribution in [0.25, 0.3) is 0 Å². The van der Waals surface area contributed by atoms with Crippen molar-refractivity contribution in [2.75, 3.05) is 37.4 Å². The summed E-state index contributed by atoms with van der Waals surface area (Å²) in [7, 11) is 1.30. The fourth-order valence-electron chi connectivity index (χ4n) is 2.86. The van der Waals surface area contributed by atoms with Crippen LogP contribution in [0.2, 0.25) is 0 Å². The van der Waals surface area contributed by atoms with Gasteiger partial charge in [-0.25, -0.2) is 9.59 Å². The fraction of sp³-hybridized carbons (Fsp3) is 0.556. The first-order valence-electron chi connectivity index (χ1n) is 8.72. The summed E-state index contributed by atoms with van der Waals surface area (Å²) in [5, 5.41) is 8.25. The highest BCUT2D eigenvalue weighted by Gasteiger charge is 2.20. The molecule has 1 atom stereocenters. The van der Waals surface area contributed by atoms with Crippen LogP contribution in [0.3, 0.4) is 0 Å². The summed E-state index contributed by atoms with van der Waals surface area (Å²) in [6.45, 7) is 7.20. The van der Waals surface area contributed by atoms with Gasteiger partial charge in [-0.3, -0.25) is 10.2 Å². The van der Waals surface area contributed by atoms with Gasteiger partial charge in [-0.1, -0.05) is 13.0 Å². The van der Waals surface area contributed by atoms with E-state index < -0.39 is 6.09 Å². The van der Waals surface area contributed by atoms with Gasteiger partial charge in [0.05, 0.1) is 7.11 Å². The maximum absolute atomic E-state index is 12.1. The van der Waals surface area contributed by atoms with E-state index >= 15 is 0 Å². The van der Waals surface area contributed by atoms with E-state index in [-0.39, 0.29) is 6.03 Å². The van der Waals surface area contributed by atoms with Crippen LogP contribution < -0.4 is 16.0 Å². The second-order valence-electron chi connectivity index (χ2n) is 6.60. The zero-order chi connectivity index (χ0) is 18.2. The van der Waals surface area contributed by atoms with Crippen molar-refractivity contribution in [3.8, 4) is 0 Å². The molecule has 1 heterocycles. The van der Waals surface area contributed by atoms with Crippen molar-refractivity contribution in [1.29, 1.82) is 0 Å². The number of hydrogen-bond donors (Lipinski definition) is 3. The number of rotatable bonds is 5. The third-order valence-corrected chi connectivity index (χ3v) is 4.55. The SMILES string of the molecule is COC(=O)Nc1cccc(NC(=O)NCC(C)N2CCC(C)CC2)c1. The van der Waals surface area contributed by atoms with Gasteiger partial charge in [-0.15, -0.1) is 0 Å². The molecule has 0 spiro atoms. The molecule has 1 aromatic rings. The van der Waals surface area contributed by atoms with Crippen LogP contribution >= 0.6 is 0 Å². The summed E-state index contributed by atoms with van der Waals surface area (Å²) in [6, 6.07) is 6.96. The second-order valence-corrected chi connectivity index (χ2v) is 6.60. The lowest BCUT2D eigenvalue weighted by Gasteiger charge is -2.34. The first-order chi connectivity index (χ1) is 12.0. The van der Waals surface area contributed by atoms with Gasteiger partial charge in [0.25, 0.3) is 0 Å². The van der Waals surface area contributed by atoms with Gasteiger partial charge < -0.3 is 15.4 Å². The summed E-state index contributed by atoms with van der Waals surface area (Å²) in [6.07, 6.45) is 1.89. The number of urea groups is 1. The van der Waals surface area contributed by atoms with E-state index in [1.807, 2.05) is 0 Å². The minimum atomic E-state index is -0.550. The molecule has 2 rings (SSSR count). The van der Waals surface area contributed by atoms with Crippen molar-refractivity contribution >= 4 is 23.5 Å². The molecule has 1 aromatic carbocycles. The van der Waals surface area contributed by atoms with Crippen molar-refractivity contribution < 1.29 is 14.3 Å². The van der Waals surface area contributed by atoms with E-state index in [0.717, 1.165) is 19.0 Å². The van der Waals surface area contributed by atoms with Crippen molar-refractivity contribution in [2.24, 2.45) is 5.92 Å². The number of carbonyl (C=O) groups is 2. The first-order valence-corrected chi connectivity index (χ1v) is 8.72. The highest BCUT2D eigenvalue weighted by atomic mass is 16.5. The Kier molecular flexibility index (Phi) is 7.06. The number of nitrogens with zero attached hydrogens (tertiary/aromatic N) is 1. The number of anilines is 2. The molecule has 1 fully saturated rings. The van der Waals surface area contributed by atoms with Crippen molar-refractivity contribution in [1.82, 2.24) is 10.2 Å². The van der Waals surface area contributed by atoms with Crippen molar-refractivity contribution in [3.05, 3.63) is 24.3 Å².